The number of pyridine rings is 1. The van der Waals surface area contributed by atoms with Crippen molar-refractivity contribution < 1.29 is 38.9 Å². The molecule has 98 heavy (non-hydrogen) atoms. The van der Waals surface area contributed by atoms with E-state index in [1.54, 1.807) is 17.6 Å². The highest BCUT2D eigenvalue weighted by molar-refractivity contribution is 7.22. The van der Waals surface area contributed by atoms with E-state index in [1.807, 2.05) is 126 Å². The van der Waals surface area contributed by atoms with Crippen molar-refractivity contribution in [3.8, 4) is 21.6 Å². The number of unbranched alkanes of at least 4 members (excludes halogenated alkanes) is 6. The number of β-amino-alcohol motifs (C(OH)–C–C–N with tert-alkyl or cyclic N) is 1. The first-order valence-corrected chi connectivity index (χ1v) is 36.9. The first-order valence-electron chi connectivity index (χ1n) is 35.2. The number of rotatable bonds is 29. The molecule has 12 rings (SSSR count). The zero-order valence-corrected chi connectivity index (χ0v) is 60.6. The van der Waals surface area contributed by atoms with E-state index in [-0.39, 0.29) is 59.1 Å². The Labute approximate surface area is 585 Å². The first-order chi connectivity index (χ1) is 46.8. The van der Waals surface area contributed by atoms with Gasteiger partial charge >= 0.3 is 5.97 Å². The smallest absolute Gasteiger partial charge is 0.355 e. The van der Waals surface area contributed by atoms with Crippen LogP contribution in [0.1, 0.15) is 185 Å². The SMILES string of the molecule is CC(/C=N\c1nc2ccccc2s1)=C1\CCCN(c2ccc(-c3cnn(CC45CC6(C)CC(C)(C4)CC(OCCN(C)CCCCCCCCCOCC(=O)N[C@H](C(=O)N4C[C@H](O)C[C@H]4C(=O)N[C@@H](C)c4ccc(-c7scnc7C)cc4)C(C)(C)C)(C6)C5)c3C)c(C(=O)O)n2)\C1=N\N. The molecule has 4 aliphatic carbocycles. The van der Waals surface area contributed by atoms with Crippen molar-refractivity contribution in [2.45, 2.75) is 201 Å². The average Bonchev–Trinajstić information content (AvgIpc) is 0.839. The third-order valence-corrected chi connectivity index (χ3v) is 22.9. The number of hydrogen-bond donors (Lipinski definition) is 5. The lowest BCUT2D eigenvalue weighted by Gasteiger charge is -2.69. The number of allylic oxidation sites excluding steroid dienone is 1. The van der Waals surface area contributed by atoms with Crippen molar-refractivity contribution in [2.75, 3.05) is 57.9 Å². The maximum Gasteiger partial charge on any atom is 0.355 e. The molecule has 6 heterocycles. The molecule has 6 N–H and O–H groups in total. The average molecular weight is 1380 g/mol. The molecule has 4 saturated carbocycles. The maximum atomic E-state index is 14.2. The summed E-state index contributed by atoms with van der Waals surface area (Å²) in [6.45, 7) is 22.6. The summed E-state index contributed by atoms with van der Waals surface area (Å²) < 4.78 is 16.1. The van der Waals surface area contributed by atoms with E-state index in [0.717, 1.165) is 164 Å². The second kappa shape index (κ2) is 30.3. The number of amidine groups is 1. The predicted molar refractivity (Wildman–Crippen MR) is 388 cm³/mol. The number of anilines is 1. The van der Waals surface area contributed by atoms with Crippen LogP contribution in [-0.2, 0) is 30.4 Å². The van der Waals surface area contributed by atoms with Crippen molar-refractivity contribution in [1.29, 1.82) is 0 Å². The number of aliphatic hydroxyl groups is 1. The van der Waals surface area contributed by atoms with Gasteiger partial charge in [-0.05, 0) is 168 Å². The van der Waals surface area contributed by atoms with Crippen LogP contribution in [0.5, 0.6) is 0 Å². The number of carbonyl (C=O) groups is 4. The number of aromatic carboxylic acids is 1. The molecular weight excluding hydrogens is 1280 g/mol. The van der Waals surface area contributed by atoms with Gasteiger partial charge in [0.15, 0.2) is 11.5 Å². The lowest BCUT2D eigenvalue weighted by Crippen LogP contribution is -2.64. The minimum atomic E-state index is -1.12. The fourth-order valence-electron chi connectivity index (χ4n) is 17.4. The Bertz CT molecular complexity index is 3890. The molecular formula is C75H101N13O8S2. The normalized spacial score (nSPS) is 24.7. The number of carboxylic acids is 1. The van der Waals surface area contributed by atoms with E-state index < -0.39 is 41.4 Å². The molecule has 0 radical (unpaired) electrons. The van der Waals surface area contributed by atoms with Crippen molar-refractivity contribution in [2.24, 2.45) is 37.6 Å². The quantitative estimate of drug-likeness (QED) is 0.0126. The number of piperidine rings is 1. The third kappa shape index (κ3) is 16.6. The lowest BCUT2D eigenvalue weighted by atomic mass is 9.39. The van der Waals surface area contributed by atoms with E-state index in [2.05, 4.69) is 56.2 Å². The standard InChI is InChI=1S/C75H101N13O8S2/c1-48(36-77-70-81-58-22-16-17-23-60(58)98-70)55-21-20-31-86(66(55)84-76)61-29-28-56(63(82-61)69(93)94)57-37-79-88(51(57)4)46-74-41-72(8)40-73(9,42-74)44-75(43-72,45-74)96-34-32-85(10)30-18-14-12-11-13-15-19-33-95-39-62(90)83-65(71(5,6)7)68(92)87-38-54(89)35-59(87)67(91)80-49(2)52-24-26-53(27-25-52)64-50(3)78-47-97-64/h16-17,22-29,36-37,47,49,54,59,65,89H,11-15,18-21,30-35,38-46,76H2,1-10H3,(H,80,91)(H,83,90)(H,93,94)/b55-48-,77-36-,84-66+/t49-,54+,59-,65+,72?,73?,74?,75?/m0/s1. The Hall–Kier alpha value is -7.28. The molecule has 2 aliphatic heterocycles. The van der Waals surface area contributed by atoms with E-state index in [1.165, 1.54) is 22.7 Å². The van der Waals surface area contributed by atoms with Gasteiger partial charge in [0.2, 0.25) is 22.9 Å². The number of aliphatic hydroxyl groups excluding tert-OH is 1. The summed E-state index contributed by atoms with van der Waals surface area (Å²) in [5.41, 5.74) is 9.06. The Morgan fingerprint density at radius 1 is 0.888 bits per heavy atom. The molecule has 6 aliphatic rings. The zero-order valence-electron chi connectivity index (χ0n) is 59.0. The zero-order chi connectivity index (χ0) is 69.7. The number of likely N-dealkylation sites (tertiary alicyclic amines) is 1. The number of nitrogens with zero attached hydrogens (tertiary/aromatic N) is 10. The summed E-state index contributed by atoms with van der Waals surface area (Å²) in [5.74, 6) is 4.84. The highest BCUT2D eigenvalue weighted by Gasteiger charge is 2.66. The summed E-state index contributed by atoms with van der Waals surface area (Å²) in [6.07, 6.45) is 18.4. The number of thiazole rings is 2. The number of likely N-dealkylation sites (N-methyl/N-ethyl adjacent to an activating group) is 1. The van der Waals surface area contributed by atoms with Gasteiger partial charge in [-0.15, -0.1) is 11.3 Å². The van der Waals surface area contributed by atoms with Gasteiger partial charge in [0.1, 0.15) is 24.5 Å². The van der Waals surface area contributed by atoms with Crippen LogP contribution in [0.25, 0.3) is 31.8 Å². The minimum Gasteiger partial charge on any atom is -0.476 e. The number of hydrazone groups is 1. The Morgan fingerprint density at radius 3 is 2.31 bits per heavy atom. The largest absolute Gasteiger partial charge is 0.476 e. The number of fused-ring (bicyclic) bond motifs is 1. The number of nitrogens with one attached hydrogen (secondary N) is 2. The number of nitrogens with two attached hydrogens (primary N) is 1. The molecule has 4 bridgehead atoms. The Kier molecular flexibility index (Phi) is 22.2. The van der Waals surface area contributed by atoms with Crippen LogP contribution in [0.4, 0.5) is 10.9 Å². The number of hydrogen-bond acceptors (Lipinski definition) is 17. The van der Waals surface area contributed by atoms with E-state index >= 15 is 0 Å². The fraction of sp³-hybridized carbons (Fsp3) is 0.573. The van der Waals surface area contributed by atoms with Crippen molar-refractivity contribution in [3.63, 3.8) is 0 Å². The van der Waals surface area contributed by atoms with Crippen LogP contribution >= 0.6 is 22.7 Å². The highest BCUT2D eigenvalue weighted by atomic mass is 32.1. The number of para-hydroxylation sites is 1. The van der Waals surface area contributed by atoms with Crippen molar-refractivity contribution in [1.82, 2.24) is 45.2 Å². The van der Waals surface area contributed by atoms with Crippen molar-refractivity contribution in [3.05, 3.63) is 106 Å². The summed E-state index contributed by atoms with van der Waals surface area (Å²) in [6, 6.07) is 17.5. The third-order valence-electron chi connectivity index (χ3n) is 21.0. The first kappa shape index (κ1) is 72.0. The molecule has 2 saturated heterocycles. The van der Waals surface area contributed by atoms with E-state index in [0.29, 0.717) is 42.1 Å². The van der Waals surface area contributed by atoms with Gasteiger partial charge in [-0.25, -0.2) is 24.7 Å². The van der Waals surface area contributed by atoms with Crippen LogP contribution in [0, 0.1) is 35.5 Å². The van der Waals surface area contributed by atoms with Gasteiger partial charge in [0.25, 0.3) is 0 Å². The molecule has 3 amide bonds. The molecule has 0 spiro atoms. The Balaban J connectivity index is 0.593. The minimum absolute atomic E-state index is 0.00164. The molecule has 6 aromatic rings. The van der Waals surface area contributed by atoms with Crippen LogP contribution < -0.4 is 21.4 Å². The number of benzene rings is 2. The van der Waals surface area contributed by atoms with Gasteiger partial charge in [-0.1, -0.05) is 114 Å². The number of carboxylic acid groups (broad SMARTS) is 1. The van der Waals surface area contributed by atoms with E-state index in [9.17, 15) is 29.4 Å². The second-order valence-electron chi connectivity index (χ2n) is 30.7. The van der Waals surface area contributed by atoms with E-state index in [4.69, 9.17) is 30.4 Å². The van der Waals surface area contributed by atoms with Crippen molar-refractivity contribution >= 4 is 79.6 Å². The number of aliphatic imine (C=N–C) groups is 1. The van der Waals surface area contributed by atoms with Gasteiger partial charge in [-0.3, -0.25) is 19.1 Å². The molecule has 2 unspecified atom stereocenters. The maximum absolute atomic E-state index is 14.2. The highest BCUT2D eigenvalue weighted by Crippen LogP contribution is 2.72. The number of amides is 3. The van der Waals surface area contributed by atoms with Gasteiger partial charge in [0.05, 0.1) is 56.8 Å². The lowest BCUT2D eigenvalue weighted by molar-refractivity contribution is -0.248. The van der Waals surface area contributed by atoms with Gasteiger partial charge in [-0.2, -0.15) is 10.2 Å². The number of carbonyl (C=O) groups excluding carboxylic acids is 3. The molecule has 6 atom stereocenters. The summed E-state index contributed by atoms with van der Waals surface area (Å²) in [5, 5.41) is 37.3. The fourth-order valence-corrected chi connectivity index (χ4v) is 19.0. The van der Waals surface area contributed by atoms with Crippen LogP contribution in [-0.4, -0.2) is 157 Å². The monoisotopic (exact) mass is 1380 g/mol. The topological polar surface area (TPSA) is 268 Å². The summed E-state index contributed by atoms with van der Waals surface area (Å²) >= 11 is 3.11. The second-order valence-corrected chi connectivity index (χ2v) is 32.6. The predicted octanol–water partition coefficient (Wildman–Crippen LogP) is 12.8. The summed E-state index contributed by atoms with van der Waals surface area (Å²) in [4.78, 5) is 79.7. The number of aryl methyl sites for hydroxylation is 1. The molecule has 2 aromatic carbocycles. The van der Waals surface area contributed by atoms with Gasteiger partial charge < -0.3 is 50.9 Å². The molecule has 23 heteroatoms. The van der Waals surface area contributed by atoms with Gasteiger partial charge in [0, 0.05) is 67.8 Å². The van der Waals surface area contributed by atoms with Crippen LogP contribution in [0.2, 0.25) is 0 Å². The molecule has 21 nitrogen and oxygen atoms in total. The Morgan fingerprint density at radius 2 is 1.61 bits per heavy atom. The molecule has 526 valence electrons. The summed E-state index contributed by atoms with van der Waals surface area (Å²) in [7, 11) is 2.20. The van der Waals surface area contributed by atoms with Crippen LogP contribution in [0.15, 0.2) is 93.6 Å². The number of ether oxygens (including phenoxy) is 2. The number of aromatic nitrogens is 5. The van der Waals surface area contributed by atoms with Crippen LogP contribution in [0.3, 0.4) is 0 Å². The molecule has 4 aromatic heterocycles. The molecule has 6 fully saturated rings.